The quantitative estimate of drug-likeness (QED) is 0.511. The Bertz CT molecular complexity index is 1050. The summed E-state index contributed by atoms with van der Waals surface area (Å²) in [7, 11) is 0. The van der Waals surface area contributed by atoms with E-state index < -0.39 is 0 Å². The van der Waals surface area contributed by atoms with Crippen LogP contribution in [0.3, 0.4) is 0 Å². The maximum atomic E-state index is 14.3. The standard InChI is InChI=1S/C22H24BrFN4O2/c1-3-28(4-2)8-7-15-12-29-20-11-19-16(10-21(20)30-15)22(26-13-25-19)27-18-6-5-14(23)9-17(18)24/h5-6,9-11,13,15H,3-4,7-8,12H2,1-2H3,(H,25,26,27). The molecule has 1 aliphatic rings. The molecule has 6 nitrogen and oxygen atoms in total. The molecule has 0 bridgehead atoms. The van der Waals surface area contributed by atoms with Crippen molar-refractivity contribution in [3.05, 3.63) is 46.9 Å². The Labute approximate surface area is 183 Å². The number of ether oxygens (including phenoxy) is 2. The molecule has 4 rings (SSSR count). The number of benzene rings is 2. The van der Waals surface area contributed by atoms with E-state index in [-0.39, 0.29) is 11.9 Å². The fourth-order valence-electron chi connectivity index (χ4n) is 3.49. The van der Waals surface area contributed by atoms with Crippen LogP contribution in [0.2, 0.25) is 0 Å². The van der Waals surface area contributed by atoms with E-state index in [0.29, 0.717) is 39.6 Å². The van der Waals surface area contributed by atoms with Crippen LogP contribution in [0.1, 0.15) is 20.3 Å². The minimum absolute atomic E-state index is 0.0134. The smallest absolute Gasteiger partial charge is 0.163 e. The molecule has 0 aliphatic carbocycles. The summed E-state index contributed by atoms with van der Waals surface area (Å²) in [6.45, 7) is 7.83. The normalized spacial score (nSPS) is 15.6. The molecule has 2 aromatic carbocycles. The van der Waals surface area contributed by atoms with Crippen LogP contribution in [0.4, 0.5) is 15.9 Å². The van der Waals surface area contributed by atoms with Gasteiger partial charge in [-0.3, -0.25) is 0 Å². The number of rotatable bonds is 7. The summed E-state index contributed by atoms with van der Waals surface area (Å²) in [4.78, 5) is 11.0. The average molecular weight is 475 g/mol. The van der Waals surface area contributed by atoms with Gasteiger partial charge in [-0.15, -0.1) is 0 Å². The van der Waals surface area contributed by atoms with Crippen LogP contribution in [0.25, 0.3) is 10.9 Å². The van der Waals surface area contributed by atoms with Crippen LogP contribution >= 0.6 is 15.9 Å². The lowest BCUT2D eigenvalue weighted by atomic mass is 10.1. The summed E-state index contributed by atoms with van der Waals surface area (Å²) in [6.07, 6.45) is 2.32. The highest BCUT2D eigenvalue weighted by Gasteiger charge is 2.23. The SMILES string of the molecule is CCN(CC)CCC1COc2cc3ncnc(Nc4ccc(Br)cc4F)c3cc2O1. The van der Waals surface area contributed by atoms with Crippen molar-refractivity contribution in [2.75, 3.05) is 31.6 Å². The van der Waals surface area contributed by atoms with Crippen LogP contribution in [0.5, 0.6) is 11.5 Å². The first kappa shape index (κ1) is 20.8. The molecular formula is C22H24BrFN4O2. The van der Waals surface area contributed by atoms with E-state index in [0.717, 1.165) is 31.4 Å². The van der Waals surface area contributed by atoms with Crippen molar-refractivity contribution in [2.45, 2.75) is 26.4 Å². The number of nitrogens with zero attached hydrogens (tertiary/aromatic N) is 3. The molecule has 0 fully saturated rings. The lowest BCUT2D eigenvalue weighted by Gasteiger charge is -2.28. The molecule has 158 valence electrons. The van der Waals surface area contributed by atoms with Crippen LogP contribution in [-0.2, 0) is 0 Å². The van der Waals surface area contributed by atoms with Gasteiger partial charge in [0.2, 0.25) is 0 Å². The third-order valence-corrected chi connectivity index (χ3v) is 5.76. The van der Waals surface area contributed by atoms with Crippen LogP contribution in [0.15, 0.2) is 41.1 Å². The minimum atomic E-state index is -0.370. The second-order valence-electron chi connectivity index (χ2n) is 7.15. The Balaban J connectivity index is 1.59. The van der Waals surface area contributed by atoms with Gasteiger partial charge in [0, 0.05) is 28.9 Å². The fourth-order valence-corrected chi connectivity index (χ4v) is 3.83. The molecular weight excluding hydrogens is 451 g/mol. The van der Waals surface area contributed by atoms with Crippen molar-refractivity contribution in [3.8, 4) is 11.5 Å². The molecule has 1 N–H and O–H groups in total. The van der Waals surface area contributed by atoms with Gasteiger partial charge in [-0.05, 0) is 37.4 Å². The molecule has 1 aliphatic heterocycles. The van der Waals surface area contributed by atoms with Gasteiger partial charge in [0.05, 0.1) is 11.2 Å². The van der Waals surface area contributed by atoms with Gasteiger partial charge in [-0.2, -0.15) is 0 Å². The van der Waals surface area contributed by atoms with E-state index in [1.165, 1.54) is 12.4 Å². The highest BCUT2D eigenvalue weighted by molar-refractivity contribution is 9.10. The number of aromatic nitrogens is 2. The maximum Gasteiger partial charge on any atom is 0.163 e. The second-order valence-corrected chi connectivity index (χ2v) is 8.07. The first-order valence-corrected chi connectivity index (χ1v) is 10.9. The number of anilines is 2. The Kier molecular flexibility index (Phi) is 6.34. The number of hydrogen-bond acceptors (Lipinski definition) is 6. The summed E-state index contributed by atoms with van der Waals surface area (Å²) < 4.78 is 27.1. The molecule has 0 spiro atoms. The van der Waals surface area contributed by atoms with Crippen molar-refractivity contribution in [2.24, 2.45) is 0 Å². The van der Waals surface area contributed by atoms with E-state index in [1.807, 2.05) is 12.1 Å². The maximum absolute atomic E-state index is 14.3. The molecule has 0 amide bonds. The highest BCUT2D eigenvalue weighted by atomic mass is 79.9. The monoisotopic (exact) mass is 474 g/mol. The number of hydrogen-bond donors (Lipinski definition) is 1. The van der Waals surface area contributed by atoms with Gasteiger partial charge in [0.1, 0.15) is 30.7 Å². The number of nitrogens with one attached hydrogen (secondary N) is 1. The third kappa shape index (κ3) is 4.49. The van der Waals surface area contributed by atoms with E-state index >= 15 is 0 Å². The Morgan fingerprint density at radius 1 is 1.17 bits per heavy atom. The van der Waals surface area contributed by atoms with Crippen LogP contribution in [-0.4, -0.2) is 47.2 Å². The topological polar surface area (TPSA) is 59.5 Å². The molecule has 8 heteroatoms. The van der Waals surface area contributed by atoms with Crippen molar-refractivity contribution in [1.29, 1.82) is 0 Å². The molecule has 1 aromatic heterocycles. The van der Waals surface area contributed by atoms with Crippen molar-refractivity contribution < 1.29 is 13.9 Å². The van der Waals surface area contributed by atoms with Crippen molar-refractivity contribution >= 4 is 38.3 Å². The highest BCUT2D eigenvalue weighted by Crippen LogP contribution is 2.38. The molecule has 0 radical (unpaired) electrons. The van der Waals surface area contributed by atoms with Crippen molar-refractivity contribution in [3.63, 3.8) is 0 Å². The lowest BCUT2D eigenvalue weighted by Crippen LogP contribution is -2.34. The lowest BCUT2D eigenvalue weighted by molar-refractivity contribution is 0.0764. The van der Waals surface area contributed by atoms with Gasteiger partial charge in [-0.25, -0.2) is 14.4 Å². The largest absolute Gasteiger partial charge is 0.486 e. The Morgan fingerprint density at radius 3 is 2.77 bits per heavy atom. The molecule has 3 aromatic rings. The zero-order chi connectivity index (χ0) is 21.1. The summed E-state index contributed by atoms with van der Waals surface area (Å²) in [5.74, 6) is 1.47. The number of halogens is 2. The predicted molar refractivity (Wildman–Crippen MR) is 119 cm³/mol. The fraction of sp³-hybridized carbons (Fsp3) is 0.364. The molecule has 0 saturated carbocycles. The van der Waals surface area contributed by atoms with E-state index in [2.05, 4.69) is 50.0 Å². The van der Waals surface area contributed by atoms with Crippen LogP contribution < -0.4 is 14.8 Å². The summed E-state index contributed by atoms with van der Waals surface area (Å²) in [5.41, 5.74) is 1.04. The zero-order valence-electron chi connectivity index (χ0n) is 17.0. The summed E-state index contributed by atoms with van der Waals surface area (Å²) >= 11 is 3.27. The molecule has 0 saturated heterocycles. The predicted octanol–water partition coefficient (Wildman–Crippen LogP) is 5.15. The Hall–Kier alpha value is -2.45. The summed E-state index contributed by atoms with van der Waals surface area (Å²) in [6, 6.07) is 8.55. The molecule has 2 heterocycles. The van der Waals surface area contributed by atoms with Crippen LogP contribution in [0, 0.1) is 5.82 Å². The Morgan fingerprint density at radius 2 is 2.00 bits per heavy atom. The minimum Gasteiger partial charge on any atom is -0.486 e. The zero-order valence-corrected chi connectivity index (χ0v) is 18.6. The first-order valence-electron chi connectivity index (χ1n) is 10.1. The van der Waals surface area contributed by atoms with Gasteiger partial charge in [-0.1, -0.05) is 29.8 Å². The molecule has 1 atom stereocenters. The van der Waals surface area contributed by atoms with Crippen molar-refractivity contribution in [1.82, 2.24) is 14.9 Å². The number of fused-ring (bicyclic) bond motifs is 2. The molecule has 1 unspecified atom stereocenters. The third-order valence-electron chi connectivity index (χ3n) is 5.27. The van der Waals surface area contributed by atoms with E-state index in [1.54, 1.807) is 12.1 Å². The second kappa shape index (κ2) is 9.14. The van der Waals surface area contributed by atoms with Gasteiger partial charge >= 0.3 is 0 Å². The average Bonchev–Trinajstić information content (AvgIpc) is 2.75. The van der Waals surface area contributed by atoms with Gasteiger partial charge < -0.3 is 19.7 Å². The van der Waals surface area contributed by atoms with E-state index in [4.69, 9.17) is 9.47 Å². The first-order chi connectivity index (χ1) is 14.6. The van der Waals surface area contributed by atoms with Gasteiger partial charge in [0.25, 0.3) is 0 Å². The van der Waals surface area contributed by atoms with E-state index in [9.17, 15) is 4.39 Å². The summed E-state index contributed by atoms with van der Waals surface area (Å²) in [5, 5.41) is 3.81. The molecule has 30 heavy (non-hydrogen) atoms. The van der Waals surface area contributed by atoms with Gasteiger partial charge in [0.15, 0.2) is 11.5 Å².